The molecule has 1 aromatic rings. The standard InChI is InChI=1S/C11H15ClN2O2/c1-8-6-10(12)14-11(13-8)7-16-9-2-4-15-5-3-9/h6,9H,2-5,7H2,1H3. The van der Waals surface area contributed by atoms with Crippen LogP contribution in [0.4, 0.5) is 0 Å². The molecule has 88 valence electrons. The van der Waals surface area contributed by atoms with E-state index < -0.39 is 0 Å². The Labute approximate surface area is 99.9 Å². The minimum atomic E-state index is 0.261. The second-order valence-electron chi connectivity index (χ2n) is 3.87. The highest BCUT2D eigenvalue weighted by atomic mass is 35.5. The summed E-state index contributed by atoms with van der Waals surface area (Å²) in [7, 11) is 0. The third kappa shape index (κ3) is 3.40. The number of halogens is 1. The van der Waals surface area contributed by atoms with Crippen molar-refractivity contribution in [1.29, 1.82) is 0 Å². The van der Waals surface area contributed by atoms with Gasteiger partial charge in [0.2, 0.25) is 0 Å². The Kier molecular flexibility index (Phi) is 4.09. The first-order valence-corrected chi connectivity index (χ1v) is 5.81. The van der Waals surface area contributed by atoms with Crippen LogP contribution in [0.15, 0.2) is 6.07 Å². The predicted molar refractivity (Wildman–Crippen MR) is 60.4 cm³/mol. The first kappa shape index (κ1) is 11.8. The van der Waals surface area contributed by atoms with Crippen LogP contribution in [0.1, 0.15) is 24.4 Å². The average molecular weight is 243 g/mol. The number of aromatic nitrogens is 2. The molecule has 2 heterocycles. The number of aryl methyl sites for hydroxylation is 1. The van der Waals surface area contributed by atoms with E-state index >= 15 is 0 Å². The molecule has 0 unspecified atom stereocenters. The van der Waals surface area contributed by atoms with E-state index in [-0.39, 0.29) is 6.10 Å². The van der Waals surface area contributed by atoms with Gasteiger partial charge in [-0.3, -0.25) is 0 Å². The molecule has 0 aromatic carbocycles. The fraction of sp³-hybridized carbons (Fsp3) is 0.636. The molecule has 0 saturated carbocycles. The van der Waals surface area contributed by atoms with E-state index in [1.54, 1.807) is 6.07 Å². The van der Waals surface area contributed by atoms with Gasteiger partial charge in [0, 0.05) is 18.9 Å². The molecule has 0 radical (unpaired) electrons. The first-order valence-electron chi connectivity index (χ1n) is 5.43. The van der Waals surface area contributed by atoms with Crippen molar-refractivity contribution in [1.82, 2.24) is 9.97 Å². The van der Waals surface area contributed by atoms with Gasteiger partial charge in [0.25, 0.3) is 0 Å². The van der Waals surface area contributed by atoms with E-state index in [2.05, 4.69) is 9.97 Å². The number of hydrogen-bond donors (Lipinski definition) is 0. The Morgan fingerprint density at radius 3 is 2.88 bits per heavy atom. The summed E-state index contributed by atoms with van der Waals surface area (Å²) in [6.45, 7) is 3.87. The van der Waals surface area contributed by atoms with E-state index in [0.29, 0.717) is 17.6 Å². The van der Waals surface area contributed by atoms with E-state index in [1.807, 2.05) is 6.92 Å². The van der Waals surface area contributed by atoms with Gasteiger partial charge < -0.3 is 9.47 Å². The maximum absolute atomic E-state index is 5.84. The summed E-state index contributed by atoms with van der Waals surface area (Å²) in [5, 5.41) is 0.470. The second kappa shape index (κ2) is 5.57. The van der Waals surface area contributed by atoms with Crippen LogP contribution in [0, 0.1) is 6.92 Å². The number of hydrogen-bond acceptors (Lipinski definition) is 4. The van der Waals surface area contributed by atoms with Gasteiger partial charge in [-0.2, -0.15) is 0 Å². The van der Waals surface area contributed by atoms with Crippen LogP contribution in [0.5, 0.6) is 0 Å². The summed E-state index contributed by atoms with van der Waals surface area (Å²) >= 11 is 5.84. The Bertz CT molecular complexity index is 334. The third-order valence-corrected chi connectivity index (χ3v) is 2.68. The van der Waals surface area contributed by atoms with Crippen LogP contribution in [-0.4, -0.2) is 29.3 Å². The van der Waals surface area contributed by atoms with Crippen LogP contribution in [0.2, 0.25) is 5.15 Å². The average Bonchev–Trinajstić information content (AvgIpc) is 2.27. The lowest BCUT2D eigenvalue weighted by Gasteiger charge is -2.21. The van der Waals surface area contributed by atoms with Crippen LogP contribution in [0.25, 0.3) is 0 Å². The van der Waals surface area contributed by atoms with Gasteiger partial charge in [-0.15, -0.1) is 0 Å². The number of ether oxygens (including phenoxy) is 2. The smallest absolute Gasteiger partial charge is 0.155 e. The number of rotatable bonds is 3. The first-order chi connectivity index (χ1) is 7.74. The largest absolute Gasteiger partial charge is 0.381 e. The molecule has 5 heteroatoms. The van der Waals surface area contributed by atoms with Crippen molar-refractivity contribution >= 4 is 11.6 Å². The Hall–Kier alpha value is -0.710. The van der Waals surface area contributed by atoms with Gasteiger partial charge in [-0.05, 0) is 25.8 Å². The molecule has 1 aromatic heterocycles. The Balaban J connectivity index is 1.88. The molecule has 1 aliphatic rings. The molecule has 1 aliphatic heterocycles. The van der Waals surface area contributed by atoms with Gasteiger partial charge in [-0.1, -0.05) is 11.6 Å². The van der Waals surface area contributed by atoms with Crippen LogP contribution >= 0.6 is 11.6 Å². The molecule has 4 nitrogen and oxygen atoms in total. The van der Waals surface area contributed by atoms with Gasteiger partial charge in [-0.25, -0.2) is 9.97 Å². The SMILES string of the molecule is Cc1cc(Cl)nc(COC2CCOCC2)n1. The molecule has 0 atom stereocenters. The van der Waals surface area contributed by atoms with Gasteiger partial charge in [0.05, 0.1) is 6.10 Å². The van der Waals surface area contributed by atoms with Crippen molar-refractivity contribution in [3.8, 4) is 0 Å². The van der Waals surface area contributed by atoms with Crippen LogP contribution in [0.3, 0.4) is 0 Å². The zero-order valence-corrected chi connectivity index (χ0v) is 10.0. The molecular formula is C11H15ClN2O2. The van der Waals surface area contributed by atoms with Crippen LogP contribution < -0.4 is 0 Å². The highest BCUT2D eigenvalue weighted by Crippen LogP contribution is 2.13. The molecule has 1 fully saturated rings. The molecule has 0 spiro atoms. The predicted octanol–water partition coefficient (Wildman–Crippen LogP) is 2.13. The van der Waals surface area contributed by atoms with Gasteiger partial charge >= 0.3 is 0 Å². The molecule has 16 heavy (non-hydrogen) atoms. The maximum atomic E-state index is 5.84. The van der Waals surface area contributed by atoms with E-state index in [1.165, 1.54) is 0 Å². The van der Waals surface area contributed by atoms with Crippen molar-refractivity contribution in [2.75, 3.05) is 13.2 Å². The van der Waals surface area contributed by atoms with Crippen molar-refractivity contribution in [2.24, 2.45) is 0 Å². The molecule has 1 saturated heterocycles. The van der Waals surface area contributed by atoms with Gasteiger partial charge in [0.15, 0.2) is 5.82 Å². The molecule has 0 amide bonds. The van der Waals surface area contributed by atoms with E-state index in [9.17, 15) is 0 Å². The lowest BCUT2D eigenvalue weighted by molar-refractivity contribution is -0.0409. The summed E-state index contributed by atoms with van der Waals surface area (Å²) in [4.78, 5) is 8.38. The minimum Gasteiger partial charge on any atom is -0.381 e. The fourth-order valence-electron chi connectivity index (χ4n) is 1.69. The monoisotopic (exact) mass is 242 g/mol. The highest BCUT2D eigenvalue weighted by Gasteiger charge is 2.14. The summed E-state index contributed by atoms with van der Waals surface area (Å²) in [6, 6.07) is 1.74. The maximum Gasteiger partial charge on any atom is 0.155 e. The number of nitrogens with zero attached hydrogens (tertiary/aromatic N) is 2. The Morgan fingerprint density at radius 1 is 1.44 bits per heavy atom. The third-order valence-electron chi connectivity index (χ3n) is 2.49. The normalized spacial score (nSPS) is 17.6. The lowest BCUT2D eigenvalue weighted by atomic mass is 10.2. The van der Waals surface area contributed by atoms with E-state index in [4.69, 9.17) is 21.1 Å². The molecule has 0 aliphatic carbocycles. The van der Waals surface area contributed by atoms with Crippen molar-refractivity contribution in [3.05, 3.63) is 22.7 Å². The topological polar surface area (TPSA) is 44.2 Å². The van der Waals surface area contributed by atoms with Crippen molar-refractivity contribution in [3.63, 3.8) is 0 Å². The van der Waals surface area contributed by atoms with Gasteiger partial charge in [0.1, 0.15) is 11.8 Å². The molecule has 0 bridgehead atoms. The summed E-state index contributed by atoms with van der Waals surface area (Å²) in [5.41, 5.74) is 0.866. The fourth-order valence-corrected chi connectivity index (χ4v) is 1.94. The molecule has 2 rings (SSSR count). The molecular weight excluding hydrogens is 228 g/mol. The van der Waals surface area contributed by atoms with Crippen LogP contribution in [-0.2, 0) is 16.1 Å². The quantitative estimate of drug-likeness (QED) is 0.762. The van der Waals surface area contributed by atoms with Crippen molar-refractivity contribution < 1.29 is 9.47 Å². The zero-order valence-electron chi connectivity index (χ0n) is 9.28. The lowest BCUT2D eigenvalue weighted by Crippen LogP contribution is -2.23. The van der Waals surface area contributed by atoms with Crippen molar-refractivity contribution in [2.45, 2.75) is 32.5 Å². The summed E-state index contributed by atoms with van der Waals surface area (Å²) in [5.74, 6) is 0.650. The molecule has 0 N–H and O–H groups in total. The highest BCUT2D eigenvalue weighted by molar-refractivity contribution is 6.29. The van der Waals surface area contributed by atoms with E-state index in [0.717, 1.165) is 31.7 Å². The summed E-state index contributed by atoms with van der Waals surface area (Å²) in [6.07, 6.45) is 2.15. The summed E-state index contributed by atoms with van der Waals surface area (Å²) < 4.78 is 11.0. The Morgan fingerprint density at radius 2 is 2.19 bits per heavy atom. The zero-order chi connectivity index (χ0) is 11.4. The second-order valence-corrected chi connectivity index (χ2v) is 4.26. The minimum absolute atomic E-state index is 0.261.